The second kappa shape index (κ2) is 5.35. The van der Waals surface area contributed by atoms with Gasteiger partial charge in [0.05, 0.1) is 0 Å². The van der Waals surface area contributed by atoms with Crippen molar-refractivity contribution in [2.75, 3.05) is 0 Å². The third-order valence-corrected chi connectivity index (χ3v) is 2.75. The van der Waals surface area contributed by atoms with Crippen LogP contribution in [-0.2, 0) is 6.42 Å². The van der Waals surface area contributed by atoms with Crippen LogP contribution in [0.5, 0.6) is 0 Å². The number of pyridine rings is 1. The van der Waals surface area contributed by atoms with Gasteiger partial charge in [-0.1, -0.05) is 0 Å². The standard InChI is InChI=1S/C13H8BrF2NO/c14-10-4-9(6-17-7-10)13(18)3-8-1-11(15)5-12(16)2-8/h1-2,4-7H,3H2. The highest BCUT2D eigenvalue weighted by Gasteiger charge is 2.10. The van der Waals surface area contributed by atoms with Gasteiger partial charge in [0.2, 0.25) is 0 Å². The monoisotopic (exact) mass is 311 g/mol. The number of carbonyl (C=O) groups excluding carboxylic acids is 1. The molecule has 0 aliphatic carbocycles. The predicted molar refractivity (Wildman–Crippen MR) is 66.3 cm³/mol. The van der Waals surface area contributed by atoms with Crippen LogP contribution in [0.15, 0.2) is 41.1 Å². The van der Waals surface area contributed by atoms with E-state index in [4.69, 9.17) is 0 Å². The molecule has 0 aliphatic heterocycles. The first kappa shape index (κ1) is 12.8. The lowest BCUT2D eigenvalue weighted by molar-refractivity contribution is 0.0992. The third kappa shape index (κ3) is 3.20. The van der Waals surface area contributed by atoms with E-state index in [0.717, 1.165) is 18.2 Å². The zero-order valence-electron chi connectivity index (χ0n) is 9.16. The van der Waals surface area contributed by atoms with E-state index in [2.05, 4.69) is 20.9 Å². The van der Waals surface area contributed by atoms with Gasteiger partial charge in [-0.25, -0.2) is 8.78 Å². The number of ketones is 1. The number of nitrogens with zero attached hydrogens (tertiary/aromatic N) is 1. The minimum atomic E-state index is -0.690. The largest absolute Gasteiger partial charge is 0.294 e. The molecule has 0 amide bonds. The van der Waals surface area contributed by atoms with E-state index in [1.165, 1.54) is 6.20 Å². The van der Waals surface area contributed by atoms with Crippen molar-refractivity contribution in [3.8, 4) is 0 Å². The molecule has 18 heavy (non-hydrogen) atoms. The summed E-state index contributed by atoms with van der Waals surface area (Å²) in [5, 5.41) is 0. The Morgan fingerprint density at radius 2 is 1.78 bits per heavy atom. The molecular formula is C13H8BrF2NO. The minimum absolute atomic E-state index is 0.0627. The predicted octanol–water partition coefficient (Wildman–Crippen LogP) is 3.55. The van der Waals surface area contributed by atoms with Crippen molar-refractivity contribution in [3.63, 3.8) is 0 Å². The summed E-state index contributed by atoms with van der Waals surface area (Å²) < 4.78 is 26.6. The Hall–Kier alpha value is -1.62. The van der Waals surface area contributed by atoms with Crippen LogP contribution in [0.2, 0.25) is 0 Å². The van der Waals surface area contributed by atoms with Crippen LogP contribution in [-0.4, -0.2) is 10.8 Å². The summed E-state index contributed by atoms with van der Waals surface area (Å²) in [7, 11) is 0. The molecule has 0 fully saturated rings. The molecule has 1 aromatic carbocycles. The number of carbonyl (C=O) groups is 1. The minimum Gasteiger partial charge on any atom is -0.294 e. The average molecular weight is 312 g/mol. The van der Waals surface area contributed by atoms with Gasteiger partial charge >= 0.3 is 0 Å². The Labute approximate surface area is 111 Å². The van der Waals surface area contributed by atoms with Crippen molar-refractivity contribution in [1.82, 2.24) is 4.98 Å². The first-order chi connectivity index (χ1) is 8.54. The van der Waals surface area contributed by atoms with Crippen molar-refractivity contribution >= 4 is 21.7 Å². The van der Waals surface area contributed by atoms with Gasteiger partial charge in [0.15, 0.2) is 5.78 Å². The molecular weight excluding hydrogens is 304 g/mol. The molecule has 0 aliphatic rings. The lowest BCUT2D eigenvalue weighted by atomic mass is 10.0. The third-order valence-electron chi connectivity index (χ3n) is 2.31. The summed E-state index contributed by atoms with van der Waals surface area (Å²) in [5.41, 5.74) is 0.700. The number of halogens is 3. The summed E-state index contributed by atoms with van der Waals surface area (Å²) in [6.45, 7) is 0. The maximum atomic E-state index is 13.0. The summed E-state index contributed by atoms with van der Waals surface area (Å²) in [6, 6.07) is 4.68. The quantitative estimate of drug-likeness (QED) is 0.811. The Bertz CT molecular complexity index is 581. The van der Waals surface area contributed by atoms with Crippen molar-refractivity contribution in [2.24, 2.45) is 0 Å². The molecule has 2 nitrogen and oxygen atoms in total. The number of benzene rings is 1. The molecule has 1 aromatic heterocycles. The Morgan fingerprint density at radius 3 is 2.39 bits per heavy atom. The lowest BCUT2D eigenvalue weighted by Gasteiger charge is -2.02. The van der Waals surface area contributed by atoms with Crippen LogP contribution >= 0.6 is 15.9 Å². The first-order valence-corrected chi connectivity index (χ1v) is 5.92. The fourth-order valence-electron chi connectivity index (χ4n) is 1.56. The summed E-state index contributed by atoms with van der Waals surface area (Å²) in [4.78, 5) is 15.7. The van der Waals surface area contributed by atoms with E-state index >= 15 is 0 Å². The van der Waals surface area contributed by atoms with E-state index in [0.29, 0.717) is 15.6 Å². The maximum absolute atomic E-state index is 13.0. The molecule has 0 saturated carbocycles. The number of aromatic nitrogens is 1. The molecule has 0 N–H and O–H groups in total. The molecule has 1 heterocycles. The van der Waals surface area contributed by atoms with Crippen LogP contribution in [0.1, 0.15) is 15.9 Å². The normalized spacial score (nSPS) is 10.4. The Kier molecular flexibility index (Phi) is 3.81. The number of hydrogen-bond acceptors (Lipinski definition) is 2. The van der Waals surface area contributed by atoms with Crippen molar-refractivity contribution in [1.29, 1.82) is 0 Å². The molecule has 0 unspecified atom stereocenters. The average Bonchev–Trinajstić information content (AvgIpc) is 2.27. The van der Waals surface area contributed by atoms with E-state index in [-0.39, 0.29) is 12.2 Å². The van der Waals surface area contributed by atoms with Crippen molar-refractivity contribution in [3.05, 3.63) is 63.9 Å². The van der Waals surface area contributed by atoms with E-state index < -0.39 is 11.6 Å². The zero-order chi connectivity index (χ0) is 13.1. The maximum Gasteiger partial charge on any atom is 0.168 e. The fourth-order valence-corrected chi connectivity index (χ4v) is 1.93. The van der Waals surface area contributed by atoms with Crippen LogP contribution < -0.4 is 0 Å². The lowest BCUT2D eigenvalue weighted by Crippen LogP contribution is -2.04. The molecule has 0 radical (unpaired) electrons. The second-order valence-corrected chi connectivity index (χ2v) is 4.69. The Balaban J connectivity index is 2.21. The van der Waals surface area contributed by atoms with Crippen molar-refractivity contribution < 1.29 is 13.6 Å². The number of Topliss-reactive ketones (excluding diaryl/α,β-unsaturated/α-hetero) is 1. The topological polar surface area (TPSA) is 30.0 Å². The smallest absolute Gasteiger partial charge is 0.168 e. The van der Waals surface area contributed by atoms with Gasteiger partial charge < -0.3 is 0 Å². The Morgan fingerprint density at radius 1 is 1.11 bits per heavy atom. The van der Waals surface area contributed by atoms with Crippen LogP contribution in [0.25, 0.3) is 0 Å². The van der Waals surface area contributed by atoms with Gasteiger partial charge in [0, 0.05) is 34.9 Å². The number of hydrogen-bond donors (Lipinski definition) is 0. The molecule has 2 rings (SSSR count). The van der Waals surface area contributed by atoms with Gasteiger partial charge in [0.25, 0.3) is 0 Å². The molecule has 0 saturated heterocycles. The highest BCUT2D eigenvalue weighted by molar-refractivity contribution is 9.10. The summed E-state index contributed by atoms with van der Waals surface area (Å²) in [6.07, 6.45) is 2.91. The molecule has 5 heteroatoms. The fraction of sp³-hybridized carbons (Fsp3) is 0.0769. The highest BCUT2D eigenvalue weighted by atomic mass is 79.9. The summed E-state index contributed by atoms with van der Waals surface area (Å²) in [5.74, 6) is -1.62. The van der Waals surface area contributed by atoms with E-state index in [9.17, 15) is 13.6 Å². The molecule has 92 valence electrons. The molecule has 0 atom stereocenters. The van der Waals surface area contributed by atoms with E-state index in [1.54, 1.807) is 12.3 Å². The summed E-state index contributed by atoms with van der Waals surface area (Å²) >= 11 is 3.20. The van der Waals surface area contributed by atoms with Gasteiger partial charge in [0.1, 0.15) is 11.6 Å². The van der Waals surface area contributed by atoms with Gasteiger partial charge in [-0.3, -0.25) is 9.78 Å². The zero-order valence-corrected chi connectivity index (χ0v) is 10.7. The van der Waals surface area contributed by atoms with Gasteiger partial charge in [-0.15, -0.1) is 0 Å². The first-order valence-electron chi connectivity index (χ1n) is 5.13. The van der Waals surface area contributed by atoms with Gasteiger partial charge in [-0.2, -0.15) is 0 Å². The van der Waals surface area contributed by atoms with Crippen LogP contribution in [0.4, 0.5) is 8.78 Å². The second-order valence-electron chi connectivity index (χ2n) is 3.77. The molecule has 2 aromatic rings. The van der Waals surface area contributed by atoms with Crippen LogP contribution in [0.3, 0.4) is 0 Å². The SMILES string of the molecule is O=C(Cc1cc(F)cc(F)c1)c1cncc(Br)c1. The van der Waals surface area contributed by atoms with Crippen LogP contribution in [0, 0.1) is 11.6 Å². The molecule has 0 spiro atoms. The van der Waals surface area contributed by atoms with E-state index in [1.807, 2.05) is 0 Å². The highest BCUT2D eigenvalue weighted by Crippen LogP contribution is 2.14. The number of rotatable bonds is 3. The van der Waals surface area contributed by atoms with Gasteiger partial charge in [-0.05, 0) is 39.7 Å². The van der Waals surface area contributed by atoms with Crippen molar-refractivity contribution in [2.45, 2.75) is 6.42 Å². The molecule has 0 bridgehead atoms.